The lowest BCUT2D eigenvalue weighted by atomic mass is 10.2. The highest BCUT2D eigenvalue weighted by molar-refractivity contribution is 6.39. The fourth-order valence-corrected chi connectivity index (χ4v) is 2.20. The Balaban J connectivity index is 1.56. The Morgan fingerprint density at radius 3 is 2.54 bits per heavy atom. The summed E-state index contributed by atoms with van der Waals surface area (Å²) in [6.07, 6.45) is 0. The monoisotopic (exact) mass is 354 g/mol. The van der Waals surface area contributed by atoms with Crippen LogP contribution in [-0.4, -0.2) is 32.0 Å². The van der Waals surface area contributed by atoms with E-state index in [1.54, 1.807) is 37.4 Å². The standard InChI is InChI=1S/C17H15FN6O2/c1-24-22-15(21-23-24)12-5-7-14(8-6-12)20-17(26)16(25)19-10-11-3-2-4-13(18)9-11/h2-9H,10H2,1H3,(H,19,25)(H,20,26). The SMILES string of the molecule is Cn1nnc(-c2ccc(NC(=O)C(=O)NCc3cccc(F)c3)cc2)n1. The molecule has 0 bridgehead atoms. The first-order chi connectivity index (χ1) is 12.5. The predicted octanol–water partition coefficient (Wildman–Crippen LogP) is 1.27. The summed E-state index contributed by atoms with van der Waals surface area (Å²) in [7, 11) is 1.66. The second-order valence-electron chi connectivity index (χ2n) is 5.45. The molecule has 0 radical (unpaired) electrons. The molecule has 0 unspecified atom stereocenters. The predicted molar refractivity (Wildman–Crippen MR) is 91.1 cm³/mol. The van der Waals surface area contributed by atoms with Crippen LogP contribution in [0.25, 0.3) is 11.4 Å². The molecule has 26 heavy (non-hydrogen) atoms. The molecule has 9 heteroatoms. The summed E-state index contributed by atoms with van der Waals surface area (Å²) < 4.78 is 13.1. The van der Waals surface area contributed by atoms with Gasteiger partial charge in [-0.05, 0) is 47.2 Å². The highest BCUT2D eigenvalue weighted by atomic mass is 19.1. The highest BCUT2D eigenvalue weighted by Crippen LogP contribution is 2.17. The number of carbonyl (C=O) groups excluding carboxylic acids is 2. The Morgan fingerprint density at radius 2 is 1.88 bits per heavy atom. The Labute approximate surface area is 148 Å². The van der Waals surface area contributed by atoms with Gasteiger partial charge in [-0.25, -0.2) is 4.39 Å². The molecule has 3 rings (SSSR count). The molecular formula is C17H15FN6O2. The van der Waals surface area contributed by atoms with Gasteiger partial charge in [-0.1, -0.05) is 12.1 Å². The van der Waals surface area contributed by atoms with E-state index in [1.165, 1.54) is 23.0 Å². The Kier molecular flexibility index (Phi) is 4.97. The van der Waals surface area contributed by atoms with Crippen molar-refractivity contribution in [2.45, 2.75) is 6.54 Å². The van der Waals surface area contributed by atoms with Crippen molar-refractivity contribution in [2.75, 3.05) is 5.32 Å². The molecule has 0 aliphatic rings. The van der Waals surface area contributed by atoms with Crippen LogP contribution >= 0.6 is 0 Å². The van der Waals surface area contributed by atoms with Gasteiger partial charge in [-0.2, -0.15) is 4.80 Å². The molecule has 1 aromatic heterocycles. The summed E-state index contributed by atoms with van der Waals surface area (Å²) in [6.45, 7) is 0.0568. The van der Waals surface area contributed by atoms with Gasteiger partial charge in [0, 0.05) is 17.8 Å². The van der Waals surface area contributed by atoms with Gasteiger partial charge in [0.15, 0.2) is 0 Å². The Hall–Kier alpha value is -3.62. The minimum atomic E-state index is -0.813. The van der Waals surface area contributed by atoms with Gasteiger partial charge >= 0.3 is 11.8 Å². The number of hydrogen-bond donors (Lipinski definition) is 2. The van der Waals surface area contributed by atoms with Crippen molar-refractivity contribution in [3.63, 3.8) is 0 Å². The van der Waals surface area contributed by atoms with Crippen molar-refractivity contribution < 1.29 is 14.0 Å². The Bertz CT molecular complexity index is 938. The molecule has 0 fully saturated rings. The van der Waals surface area contributed by atoms with Crippen molar-refractivity contribution in [2.24, 2.45) is 7.05 Å². The number of rotatable bonds is 4. The summed E-state index contributed by atoms with van der Waals surface area (Å²) in [5.41, 5.74) is 1.74. The highest BCUT2D eigenvalue weighted by Gasteiger charge is 2.14. The zero-order valence-corrected chi connectivity index (χ0v) is 13.8. The van der Waals surface area contributed by atoms with Gasteiger partial charge in [-0.15, -0.1) is 10.2 Å². The van der Waals surface area contributed by atoms with E-state index in [1.807, 2.05) is 0 Å². The van der Waals surface area contributed by atoms with Crippen LogP contribution in [0.4, 0.5) is 10.1 Å². The molecule has 2 amide bonds. The van der Waals surface area contributed by atoms with Crippen molar-refractivity contribution >= 4 is 17.5 Å². The number of halogens is 1. The maximum atomic E-state index is 13.1. The molecule has 8 nitrogen and oxygen atoms in total. The fourth-order valence-electron chi connectivity index (χ4n) is 2.20. The minimum Gasteiger partial charge on any atom is -0.344 e. The van der Waals surface area contributed by atoms with Gasteiger partial charge in [0.05, 0.1) is 7.05 Å². The van der Waals surface area contributed by atoms with Gasteiger partial charge in [0.2, 0.25) is 5.82 Å². The normalized spacial score (nSPS) is 10.4. The van der Waals surface area contributed by atoms with Crippen LogP contribution in [0.5, 0.6) is 0 Å². The third kappa shape index (κ3) is 4.26. The van der Waals surface area contributed by atoms with Gasteiger partial charge in [-0.3, -0.25) is 9.59 Å². The first-order valence-electron chi connectivity index (χ1n) is 7.69. The lowest BCUT2D eigenvalue weighted by Gasteiger charge is -2.07. The van der Waals surface area contributed by atoms with Crippen molar-refractivity contribution in [3.8, 4) is 11.4 Å². The van der Waals surface area contributed by atoms with Gasteiger partial charge in [0.1, 0.15) is 5.82 Å². The van der Waals surface area contributed by atoms with E-state index in [9.17, 15) is 14.0 Å². The molecule has 2 N–H and O–H groups in total. The molecule has 0 aliphatic heterocycles. The average Bonchev–Trinajstić information content (AvgIpc) is 3.07. The van der Waals surface area contributed by atoms with Gasteiger partial charge in [0.25, 0.3) is 0 Å². The maximum Gasteiger partial charge on any atom is 0.313 e. The van der Waals surface area contributed by atoms with E-state index in [0.29, 0.717) is 17.1 Å². The van der Waals surface area contributed by atoms with E-state index in [0.717, 1.165) is 5.56 Å². The summed E-state index contributed by atoms with van der Waals surface area (Å²) in [6, 6.07) is 12.4. The number of carbonyl (C=O) groups is 2. The third-order valence-electron chi connectivity index (χ3n) is 3.46. The van der Waals surface area contributed by atoms with E-state index >= 15 is 0 Å². The first-order valence-corrected chi connectivity index (χ1v) is 7.69. The number of nitrogens with zero attached hydrogens (tertiary/aromatic N) is 4. The van der Waals surface area contributed by atoms with E-state index in [-0.39, 0.29) is 6.54 Å². The van der Waals surface area contributed by atoms with E-state index in [2.05, 4.69) is 26.0 Å². The number of anilines is 1. The van der Waals surface area contributed by atoms with Gasteiger partial charge < -0.3 is 10.6 Å². The molecule has 0 saturated heterocycles. The van der Waals surface area contributed by atoms with Crippen LogP contribution < -0.4 is 10.6 Å². The van der Waals surface area contributed by atoms with Crippen molar-refractivity contribution in [3.05, 3.63) is 59.9 Å². The topological polar surface area (TPSA) is 102 Å². The third-order valence-corrected chi connectivity index (χ3v) is 3.46. The van der Waals surface area contributed by atoms with Crippen molar-refractivity contribution in [1.29, 1.82) is 0 Å². The second-order valence-corrected chi connectivity index (χ2v) is 5.45. The quantitative estimate of drug-likeness (QED) is 0.687. The van der Waals surface area contributed by atoms with Crippen LogP contribution in [0.15, 0.2) is 48.5 Å². The molecule has 0 saturated carbocycles. The fraction of sp³-hybridized carbons (Fsp3) is 0.118. The second kappa shape index (κ2) is 7.51. The molecule has 0 aliphatic carbocycles. The minimum absolute atomic E-state index is 0.0568. The zero-order valence-electron chi connectivity index (χ0n) is 13.8. The van der Waals surface area contributed by atoms with E-state index in [4.69, 9.17) is 0 Å². The van der Waals surface area contributed by atoms with Crippen LogP contribution in [0.3, 0.4) is 0 Å². The number of benzene rings is 2. The van der Waals surface area contributed by atoms with Crippen LogP contribution in [0.2, 0.25) is 0 Å². The zero-order chi connectivity index (χ0) is 18.5. The lowest BCUT2D eigenvalue weighted by Crippen LogP contribution is -2.34. The summed E-state index contributed by atoms with van der Waals surface area (Å²) in [4.78, 5) is 25.1. The number of amides is 2. The van der Waals surface area contributed by atoms with Crippen LogP contribution in [0, 0.1) is 5.82 Å². The number of hydrogen-bond acceptors (Lipinski definition) is 5. The molecule has 3 aromatic rings. The molecule has 132 valence electrons. The summed E-state index contributed by atoms with van der Waals surface area (Å²) >= 11 is 0. The maximum absolute atomic E-state index is 13.1. The number of aryl methyl sites for hydroxylation is 1. The largest absolute Gasteiger partial charge is 0.344 e. The summed E-state index contributed by atoms with van der Waals surface area (Å²) in [5.74, 6) is -1.57. The summed E-state index contributed by atoms with van der Waals surface area (Å²) in [5, 5.41) is 16.6. The molecule has 0 atom stereocenters. The van der Waals surface area contributed by atoms with Crippen LogP contribution in [0.1, 0.15) is 5.56 Å². The first kappa shape index (κ1) is 17.2. The lowest BCUT2D eigenvalue weighted by molar-refractivity contribution is -0.136. The molecular weight excluding hydrogens is 339 g/mol. The molecule has 2 aromatic carbocycles. The average molecular weight is 354 g/mol. The number of aromatic nitrogens is 4. The van der Waals surface area contributed by atoms with Crippen LogP contribution in [-0.2, 0) is 23.2 Å². The van der Waals surface area contributed by atoms with Crippen molar-refractivity contribution in [1.82, 2.24) is 25.5 Å². The number of nitrogens with one attached hydrogen (secondary N) is 2. The molecule has 0 spiro atoms. The molecule has 1 heterocycles. The smallest absolute Gasteiger partial charge is 0.313 e. The van der Waals surface area contributed by atoms with E-state index < -0.39 is 17.6 Å². The Morgan fingerprint density at radius 1 is 1.12 bits per heavy atom. The number of tetrazole rings is 1.